The Morgan fingerprint density at radius 3 is 2.35 bits per heavy atom. The predicted octanol–water partition coefficient (Wildman–Crippen LogP) is 2.92. The van der Waals surface area contributed by atoms with Crippen molar-refractivity contribution in [2.45, 2.75) is 33.2 Å². The van der Waals surface area contributed by atoms with Crippen molar-refractivity contribution in [1.82, 2.24) is 5.32 Å². The molecule has 1 aromatic carbocycles. The molecule has 1 unspecified atom stereocenters. The maximum Gasteiger partial charge on any atom is 0.224 e. The lowest BCUT2D eigenvalue weighted by atomic mass is 10.1. The van der Waals surface area contributed by atoms with Crippen LogP contribution in [0.15, 0.2) is 24.3 Å². The highest BCUT2D eigenvalue weighted by atomic mass is 35.5. The van der Waals surface area contributed by atoms with Crippen LogP contribution in [0.1, 0.15) is 25.0 Å². The third-order valence-corrected chi connectivity index (χ3v) is 3.14. The van der Waals surface area contributed by atoms with E-state index in [0.29, 0.717) is 18.2 Å². The van der Waals surface area contributed by atoms with Crippen molar-refractivity contribution >= 4 is 17.5 Å². The van der Waals surface area contributed by atoms with Crippen LogP contribution in [0.3, 0.4) is 0 Å². The molecule has 0 bridgehead atoms. The number of carbonyl (C=O) groups excluding carboxylic acids is 1. The van der Waals surface area contributed by atoms with Gasteiger partial charge in [0.05, 0.1) is 6.42 Å². The summed E-state index contributed by atoms with van der Waals surface area (Å²) < 4.78 is 0. The van der Waals surface area contributed by atoms with Gasteiger partial charge in [-0.3, -0.25) is 4.79 Å². The molecule has 1 amide bonds. The first-order valence-corrected chi connectivity index (χ1v) is 6.47. The van der Waals surface area contributed by atoms with Gasteiger partial charge in [-0.2, -0.15) is 0 Å². The van der Waals surface area contributed by atoms with Gasteiger partial charge in [-0.1, -0.05) is 43.7 Å². The van der Waals surface area contributed by atoms with E-state index in [-0.39, 0.29) is 11.9 Å². The molecule has 0 fully saturated rings. The molecule has 94 valence electrons. The lowest BCUT2D eigenvalue weighted by Crippen LogP contribution is -2.40. The summed E-state index contributed by atoms with van der Waals surface area (Å²) in [6.45, 7) is 6.14. The van der Waals surface area contributed by atoms with E-state index >= 15 is 0 Å². The molecule has 0 aliphatic rings. The second-order valence-corrected chi connectivity index (χ2v) is 5.04. The Kier molecular flexibility index (Phi) is 5.49. The quantitative estimate of drug-likeness (QED) is 0.804. The van der Waals surface area contributed by atoms with Gasteiger partial charge in [0.25, 0.3) is 0 Å². The normalized spacial score (nSPS) is 12.5. The van der Waals surface area contributed by atoms with Crippen LogP contribution in [0.5, 0.6) is 0 Å². The molecule has 17 heavy (non-hydrogen) atoms. The molecule has 0 saturated heterocycles. The molecule has 0 aliphatic carbocycles. The summed E-state index contributed by atoms with van der Waals surface area (Å²) in [6, 6.07) is 8.06. The smallest absolute Gasteiger partial charge is 0.224 e. The Hall–Kier alpha value is -1.02. The third-order valence-electron chi connectivity index (χ3n) is 2.80. The van der Waals surface area contributed by atoms with Crippen LogP contribution >= 0.6 is 11.6 Å². The van der Waals surface area contributed by atoms with Crippen LogP contribution in [0.2, 0.25) is 0 Å². The fourth-order valence-corrected chi connectivity index (χ4v) is 1.97. The Morgan fingerprint density at radius 1 is 1.29 bits per heavy atom. The number of aryl methyl sites for hydroxylation is 1. The van der Waals surface area contributed by atoms with E-state index in [1.165, 1.54) is 5.56 Å². The van der Waals surface area contributed by atoms with Gasteiger partial charge >= 0.3 is 0 Å². The first-order chi connectivity index (χ1) is 8.02. The summed E-state index contributed by atoms with van der Waals surface area (Å²) >= 11 is 5.82. The van der Waals surface area contributed by atoms with Crippen molar-refractivity contribution < 1.29 is 4.79 Å². The van der Waals surface area contributed by atoms with Gasteiger partial charge in [0.15, 0.2) is 0 Å². The van der Waals surface area contributed by atoms with E-state index in [0.717, 1.165) is 5.56 Å². The summed E-state index contributed by atoms with van der Waals surface area (Å²) in [5.41, 5.74) is 2.24. The minimum Gasteiger partial charge on any atom is -0.352 e. The third kappa shape index (κ3) is 4.78. The Bertz CT molecular complexity index is 359. The maximum absolute atomic E-state index is 11.8. The number of hydrogen-bond acceptors (Lipinski definition) is 1. The highest BCUT2D eigenvalue weighted by molar-refractivity contribution is 6.18. The molecule has 1 atom stereocenters. The zero-order valence-corrected chi connectivity index (χ0v) is 11.4. The number of rotatable bonds is 5. The molecular weight excluding hydrogens is 234 g/mol. The van der Waals surface area contributed by atoms with E-state index < -0.39 is 0 Å². The molecule has 0 heterocycles. The second-order valence-electron chi connectivity index (χ2n) is 4.73. The van der Waals surface area contributed by atoms with Gasteiger partial charge in [0, 0.05) is 11.9 Å². The van der Waals surface area contributed by atoms with Crippen LogP contribution in [-0.4, -0.2) is 17.8 Å². The number of halogens is 1. The zero-order chi connectivity index (χ0) is 12.8. The summed E-state index contributed by atoms with van der Waals surface area (Å²) in [6.07, 6.45) is 0.417. The van der Waals surface area contributed by atoms with Crippen LogP contribution in [0, 0.1) is 12.8 Å². The zero-order valence-electron chi connectivity index (χ0n) is 10.7. The van der Waals surface area contributed by atoms with Gasteiger partial charge in [0.1, 0.15) is 0 Å². The fourth-order valence-electron chi connectivity index (χ4n) is 1.53. The largest absolute Gasteiger partial charge is 0.352 e. The maximum atomic E-state index is 11.8. The van der Waals surface area contributed by atoms with Crippen LogP contribution in [0.25, 0.3) is 0 Å². The Balaban J connectivity index is 2.52. The number of carbonyl (C=O) groups is 1. The van der Waals surface area contributed by atoms with Crippen molar-refractivity contribution in [2.24, 2.45) is 5.92 Å². The molecule has 1 rings (SSSR count). The summed E-state index contributed by atoms with van der Waals surface area (Å²) in [7, 11) is 0. The van der Waals surface area contributed by atoms with Gasteiger partial charge in [-0.15, -0.1) is 11.6 Å². The molecule has 2 nitrogen and oxygen atoms in total. The SMILES string of the molecule is Cc1ccc(CC(=O)NC(CCl)C(C)C)cc1. The lowest BCUT2D eigenvalue weighted by molar-refractivity contribution is -0.121. The van der Waals surface area contributed by atoms with Crippen molar-refractivity contribution in [2.75, 3.05) is 5.88 Å². The number of hydrogen-bond donors (Lipinski definition) is 1. The van der Waals surface area contributed by atoms with E-state index in [4.69, 9.17) is 11.6 Å². The average molecular weight is 254 g/mol. The molecule has 1 aromatic rings. The highest BCUT2D eigenvalue weighted by Crippen LogP contribution is 2.06. The Labute approximate surface area is 108 Å². The van der Waals surface area contributed by atoms with Gasteiger partial charge < -0.3 is 5.32 Å². The second kappa shape index (κ2) is 6.65. The van der Waals surface area contributed by atoms with Crippen LogP contribution in [-0.2, 0) is 11.2 Å². The molecular formula is C14H20ClNO. The monoisotopic (exact) mass is 253 g/mol. The summed E-state index contributed by atoms with van der Waals surface area (Å²) in [5.74, 6) is 0.847. The van der Waals surface area contributed by atoms with E-state index in [9.17, 15) is 4.79 Å². The molecule has 0 spiro atoms. The number of benzene rings is 1. The van der Waals surface area contributed by atoms with Crippen LogP contribution < -0.4 is 5.32 Å². The minimum atomic E-state index is 0.0354. The van der Waals surface area contributed by atoms with Gasteiger partial charge in [-0.25, -0.2) is 0 Å². The highest BCUT2D eigenvalue weighted by Gasteiger charge is 2.14. The molecule has 0 aromatic heterocycles. The molecule has 0 saturated carbocycles. The molecule has 3 heteroatoms. The first kappa shape index (κ1) is 14.0. The van der Waals surface area contributed by atoms with Crippen molar-refractivity contribution in [3.05, 3.63) is 35.4 Å². The van der Waals surface area contributed by atoms with Crippen molar-refractivity contribution in [3.8, 4) is 0 Å². The number of nitrogens with one attached hydrogen (secondary N) is 1. The van der Waals surface area contributed by atoms with Gasteiger partial charge in [-0.05, 0) is 18.4 Å². The molecule has 0 radical (unpaired) electrons. The average Bonchev–Trinajstić information content (AvgIpc) is 2.28. The number of alkyl halides is 1. The number of amides is 1. The minimum absolute atomic E-state index is 0.0354. The summed E-state index contributed by atoms with van der Waals surface area (Å²) in [5, 5.41) is 2.96. The van der Waals surface area contributed by atoms with Crippen molar-refractivity contribution in [3.63, 3.8) is 0 Å². The van der Waals surface area contributed by atoms with E-state index in [1.54, 1.807) is 0 Å². The Morgan fingerprint density at radius 2 is 1.88 bits per heavy atom. The molecule has 0 aliphatic heterocycles. The van der Waals surface area contributed by atoms with Crippen molar-refractivity contribution in [1.29, 1.82) is 0 Å². The first-order valence-electron chi connectivity index (χ1n) is 5.93. The lowest BCUT2D eigenvalue weighted by Gasteiger charge is -2.19. The fraction of sp³-hybridized carbons (Fsp3) is 0.500. The molecule has 1 N–H and O–H groups in total. The van der Waals surface area contributed by atoms with E-state index in [2.05, 4.69) is 19.2 Å². The van der Waals surface area contributed by atoms with Crippen LogP contribution in [0.4, 0.5) is 0 Å². The van der Waals surface area contributed by atoms with E-state index in [1.807, 2.05) is 31.2 Å². The summed E-state index contributed by atoms with van der Waals surface area (Å²) in [4.78, 5) is 11.8. The predicted molar refractivity (Wildman–Crippen MR) is 72.4 cm³/mol. The topological polar surface area (TPSA) is 29.1 Å². The van der Waals surface area contributed by atoms with Gasteiger partial charge in [0.2, 0.25) is 5.91 Å². The standard InChI is InChI=1S/C14H20ClNO/c1-10(2)13(9-15)16-14(17)8-12-6-4-11(3)5-7-12/h4-7,10,13H,8-9H2,1-3H3,(H,16,17).